The molecule has 2 saturated heterocycles. The van der Waals surface area contributed by atoms with E-state index in [2.05, 4.69) is 20.5 Å². The number of piperazine rings is 1. The highest BCUT2D eigenvalue weighted by atomic mass is 16.5. The highest BCUT2D eigenvalue weighted by molar-refractivity contribution is 5.94. The third kappa shape index (κ3) is 6.33. The molecule has 0 aliphatic carbocycles. The van der Waals surface area contributed by atoms with Crippen molar-refractivity contribution in [3.05, 3.63) is 29.8 Å². The number of carbonyl (C=O) groups excluding carboxylic acids is 2. The van der Waals surface area contributed by atoms with Crippen molar-refractivity contribution >= 4 is 17.8 Å². The maximum absolute atomic E-state index is 12.5. The van der Waals surface area contributed by atoms with Gasteiger partial charge in [-0.05, 0) is 44.0 Å². The second kappa shape index (κ2) is 11.5. The lowest BCUT2D eigenvalue weighted by atomic mass is 10.2. The van der Waals surface area contributed by atoms with Gasteiger partial charge >= 0.3 is 0 Å². The van der Waals surface area contributed by atoms with Gasteiger partial charge in [-0.1, -0.05) is 0 Å². The van der Waals surface area contributed by atoms with Crippen LogP contribution in [0.15, 0.2) is 29.3 Å². The molecule has 1 unspecified atom stereocenters. The summed E-state index contributed by atoms with van der Waals surface area (Å²) in [5.74, 6) is 1.50. The molecule has 1 aromatic carbocycles. The standard InChI is InChI=1S/C22H33N5O4/c1-3-23-22(25-11-10-24-20(28)17-6-8-18(30-2)9-7-17)27-14-12-26(13-15-27)21(29)19-5-4-16-31-19/h6-9,19H,3-5,10-16H2,1-2H3,(H,23,25)(H,24,28). The fraction of sp³-hybridized carbons (Fsp3) is 0.591. The summed E-state index contributed by atoms with van der Waals surface area (Å²) in [4.78, 5) is 33.5. The van der Waals surface area contributed by atoms with Crippen molar-refractivity contribution in [2.45, 2.75) is 25.9 Å². The Balaban J connectivity index is 1.45. The fourth-order valence-corrected chi connectivity index (χ4v) is 3.72. The van der Waals surface area contributed by atoms with Crippen LogP contribution >= 0.6 is 0 Å². The Hall–Kier alpha value is -2.81. The van der Waals surface area contributed by atoms with Crippen molar-refractivity contribution in [3.8, 4) is 5.75 Å². The van der Waals surface area contributed by atoms with E-state index in [1.165, 1.54) is 0 Å². The maximum Gasteiger partial charge on any atom is 0.251 e. The molecule has 9 nitrogen and oxygen atoms in total. The predicted octanol–water partition coefficient (Wildman–Crippen LogP) is 0.714. The molecule has 1 atom stereocenters. The Labute approximate surface area is 183 Å². The number of nitrogens with zero attached hydrogens (tertiary/aromatic N) is 3. The number of guanidine groups is 1. The predicted molar refractivity (Wildman–Crippen MR) is 118 cm³/mol. The number of ether oxygens (including phenoxy) is 2. The Morgan fingerprint density at radius 2 is 1.84 bits per heavy atom. The van der Waals surface area contributed by atoms with Crippen molar-refractivity contribution in [3.63, 3.8) is 0 Å². The van der Waals surface area contributed by atoms with Crippen molar-refractivity contribution in [2.75, 3.05) is 59.5 Å². The number of carbonyl (C=O) groups is 2. The second-order valence-corrected chi connectivity index (χ2v) is 7.53. The Morgan fingerprint density at radius 3 is 2.45 bits per heavy atom. The minimum Gasteiger partial charge on any atom is -0.497 e. The number of amides is 2. The molecule has 1 aromatic rings. The van der Waals surface area contributed by atoms with E-state index in [1.54, 1.807) is 31.4 Å². The van der Waals surface area contributed by atoms with Gasteiger partial charge in [0.1, 0.15) is 11.9 Å². The molecule has 9 heteroatoms. The van der Waals surface area contributed by atoms with Crippen molar-refractivity contribution in [1.29, 1.82) is 0 Å². The summed E-state index contributed by atoms with van der Waals surface area (Å²) >= 11 is 0. The molecule has 3 rings (SSSR count). The number of benzene rings is 1. The quantitative estimate of drug-likeness (QED) is 0.375. The number of aliphatic imine (C=N–C) groups is 1. The lowest BCUT2D eigenvalue weighted by Crippen LogP contribution is -2.55. The molecule has 2 fully saturated rings. The number of nitrogens with one attached hydrogen (secondary N) is 2. The van der Waals surface area contributed by atoms with Crippen LogP contribution in [0.3, 0.4) is 0 Å². The van der Waals surface area contributed by atoms with E-state index >= 15 is 0 Å². The minimum absolute atomic E-state index is 0.111. The van der Waals surface area contributed by atoms with Crippen molar-refractivity contribution < 1.29 is 19.1 Å². The van der Waals surface area contributed by atoms with Crippen LogP contribution in [-0.4, -0.2) is 93.2 Å². The van der Waals surface area contributed by atoms with E-state index in [1.807, 2.05) is 11.8 Å². The minimum atomic E-state index is -0.261. The van der Waals surface area contributed by atoms with Crippen LogP contribution in [0.1, 0.15) is 30.1 Å². The van der Waals surface area contributed by atoms with E-state index in [0.717, 1.165) is 38.4 Å². The molecule has 0 bridgehead atoms. The van der Waals surface area contributed by atoms with Gasteiger partial charge in [-0.15, -0.1) is 0 Å². The fourth-order valence-electron chi connectivity index (χ4n) is 3.72. The van der Waals surface area contributed by atoms with Gasteiger partial charge in [0.2, 0.25) is 0 Å². The zero-order valence-corrected chi connectivity index (χ0v) is 18.4. The van der Waals surface area contributed by atoms with E-state index in [-0.39, 0.29) is 17.9 Å². The third-order valence-electron chi connectivity index (χ3n) is 5.44. The summed E-state index contributed by atoms with van der Waals surface area (Å²) in [5.41, 5.74) is 0.587. The Bertz CT molecular complexity index is 754. The summed E-state index contributed by atoms with van der Waals surface area (Å²) in [7, 11) is 1.59. The molecule has 31 heavy (non-hydrogen) atoms. The molecule has 2 amide bonds. The first-order valence-electron chi connectivity index (χ1n) is 11.0. The van der Waals surface area contributed by atoms with E-state index in [4.69, 9.17) is 9.47 Å². The van der Waals surface area contributed by atoms with Gasteiger partial charge in [0, 0.05) is 51.4 Å². The van der Waals surface area contributed by atoms with Gasteiger partial charge in [0.25, 0.3) is 11.8 Å². The van der Waals surface area contributed by atoms with Crippen molar-refractivity contribution in [2.24, 2.45) is 4.99 Å². The van der Waals surface area contributed by atoms with Gasteiger partial charge in [-0.3, -0.25) is 14.6 Å². The summed E-state index contributed by atoms with van der Waals surface area (Å²) < 4.78 is 10.6. The van der Waals surface area contributed by atoms with Crippen molar-refractivity contribution in [1.82, 2.24) is 20.4 Å². The molecule has 0 aromatic heterocycles. The first kappa shape index (κ1) is 22.9. The molecule has 0 saturated carbocycles. The normalized spacial score (nSPS) is 19.3. The molecular formula is C22H33N5O4. The van der Waals surface area contributed by atoms with E-state index in [9.17, 15) is 9.59 Å². The summed E-state index contributed by atoms with van der Waals surface area (Å²) in [6.45, 7) is 7.16. The monoisotopic (exact) mass is 431 g/mol. The van der Waals surface area contributed by atoms with Crippen LogP contribution in [0.4, 0.5) is 0 Å². The van der Waals surface area contributed by atoms with Gasteiger partial charge in [0.15, 0.2) is 5.96 Å². The topological polar surface area (TPSA) is 95.5 Å². The zero-order chi connectivity index (χ0) is 22.1. The highest BCUT2D eigenvalue weighted by Crippen LogP contribution is 2.16. The third-order valence-corrected chi connectivity index (χ3v) is 5.44. The molecule has 2 aliphatic heterocycles. The van der Waals surface area contributed by atoms with Crippen LogP contribution in [0, 0.1) is 0 Å². The molecule has 2 heterocycles. The van der Waals surface area contributed by atoms with Gasteiger partial charge < -0.3 is 29.9 Å². The summed E-state index contributed by atoms with van der Waals surface area (Å²) in [6.07, 6.45) is 1.52. The second-order valence-electron chi connectivity index (χ2n) is 7.53. The SMILES string of the molecule is CCNC(=NCCNC(=O)c1ccc(OC)cc1)N1CCN(C(=O)C2CCCO2)CC1. The van der Waals surface area contributed by atoms with E-state index < -0.39 is 0 Å². The molecular weight excluding hydrogens is 398 g/mol. The van der Waals surface area contributed by atoms with Gasteiger partial charge in [-0.2, -0.15) is 0 Å². The highest BCUT2D eigenvalue weighted by Gasteiger charge is 2.30. The smallest absolute Gasteiger partial charge is 0.251 e. The van der Waals surface area contributed by atoms with Gasteiger partial charge in [0.05, 0.1) is 13.7 Å². The summed E-state index contributed by atoms with van der Waals surface area (Å²) in [5, 5.41) is 6.20. The van der Waals surface area contributed by atoms with E-state index in [0.29, 0.717) is 44.1 Å². The van der Waals surface area contributed by atoms with Crippen LogP contribution in [0.25, 0.3) is 0 Å². The largest absolute Gasteiger partial charge is 0.497 e. The first-order chi connectivity index (χ1) is 15.1. The number of hydrogen-bond acceptors (Lipinski definition) is 5. The van der Waals surface area contributed by atoms with Crippen LogP contribution in [-0.2, 0) is 9.53 Å². The first-order valence-corrected chi connectivity index (χ1v) is 11.0. The number of hydrogen-bond donors (Lipinski definition) is 2. The Kier molecular flexibility index (Phi) is 8.52. The number of methoxy groups -OCH3 is 1. The molecule has 0 spiro atoms. The maximum atomic E-state index is 12.5. The molecule has 2 N–H and O–H groups in total. The van der Waals surface area contributed by atoms with Crippen LogP contribution in [0.5, 0.6) is 5.75 Å². The molecule has 170 valence electrons. The van der Waals surface area contributed by atoms with Crippen LogP contribution in [0.2, 0.25) is 0 Å². The Morgan fingerprint density at radius 1 is 1.13 bits per heavy atom. The average molecular weight is 432 g/mol. The zero-order valence-electron chi connectivity index (χ0n) is 18.4. The van der Waals surface area contributed by atoms with Crippen LogP contribution < -0.4 is 15.4 Å². The number of rotatable bonds is 7. The lowest BCUT2D eigenvalue weighted by molar-refractivity contribution is -0.142. The molecule has 0 radical (unpaired) electrons. The van der Waals surface area contributed by atoms with Gasteiger partial charge in [-0.25, -0.2) is 0 Å². The molecule has 2 aliphatic rings. The average Bonchev–Trinajstić information content (AvgIpc) is 3.35. The summed E-state index contributed by atoms with van der Waals surface area (Å²) in [6, 6.07) is 7.00. The lowest BCUT2D eigenvalue weighted by Gasteiger charge is -2.37.